The lowest BCUT2D eigenvalue weighted by Gasteiger charge is -2.30. The van der Waals surface area contributed by atoms with Gasteiger partial charge < -0.3 is 9.47 Å². The quantitative estimate of drug-likeness (QED) is 0.823. The SMILES string of the molecule is COc1cccc(Br)c1OCC(CS(N)(=O)=O)C(C)(C)C. The van der Waals surface area contributed by atoms with Crippen molar-refractivity contribution in [3.63, 3.8) is 0 Å². The smallest absolute Gasteiger partial charge is 0.209 e. The van der Waals surface area contributed by atoms with E-state index in [4.69, 9.17) is 14.6 Å². The van der Waals surface area contributed by atoms with E-state index in [0.717, 1.165) is 4.47 Å². The molecular weight excluding hydrogens is 358 g/mol. The van der Waals surface area contributed by atoms with Crippen molar-refractivity contribution in [2.24, 2.45) is 16.5 Å². The topological polar surface area (TPSA) is 78.6 Å². The molecule has 1 unspecified atom stereocenters. The Hall–Kier alpha value is -0.790. The van der Waals surface area contributed by atoms with Crippen LogP contribution < -0.4 is 14.6 Å². The summed E-state index contributed by atoms with van der Waals surface area (Å²) < 4.78 is 34.6. The summed E-state index contributed by atoms with van der Waals surface area (Å²) >= 11 is 3.40. The molecule has 0 radical (unpaired) electrons. The van der Waals surface area contributed by atoms with Gasteiger partial charge in [0.25, 0.3) is 0 Å². The van der Waals surface area contributed by atoms with Gasteiger partial charge in [-0.15, -0.1) is 0 Å². The summed E-state index contributed by atoms with van der Waals surface area (Å²) in [5, 5.41) is 5.17. The van der Waals surface area contributed by atoms with Crippen LogP contribution in [-0.4, -0.2) is 27.9 Å². The summed E-state index contributed by atoms with van der Waals surface area (Å²) in [6.07, 6.45) is 0. The van der Waals surface area contributed by atoms with Gasteiger partial charge in [-0.1, -0.05) is 26.8 Å². The molecule has 1 aromatic rings. The van der Waals surface area contributed by atoms with Gasteiger partial charge in [0.05, 0.1) is 23.9 Å². The van der Waals surface area contributed by atoms with E-state index in [9.17, 15) is 8.42 Å². The van der Waals surface area contributed by atoms with E-state index in [0.29, 0.717) is 11.5 Å². The minimum atomic E-state index is -3.56. The highest BCUT2D eigenvalue weighted by atomic mass is 79.9. The summed E-state index contributed by atoms with van der Waals surface area (Å²) in [5.74, 6) is 0.795. The van der Waals surface area contributed by atoms with E-state index in [-0.39, 0.29) is 23.7 Å². The average molecular weight is 380 g/mol. The number of para-hydroxylation sites is 1. The van der Waals surface area contributed by atoms with Gasteiger partial charge >= 0.3 is 0 Å². The molecule has 7 heteroatoms. The fourth-order valence-electron chi connectivity index (χ4n) is 1.80. The zero-order valence-corrected chi connectivity index (χ0v) is 15.1. The lowest BCUT2D eigenvalue weighted by atomic mass is 9.82. The van der Waals surface area contributed by atoms with Gasteiger partial charge in [0.15, 0.2) is 11.5 Å². The second-order valence-electron chi connectivity index (χ2n) is 5.97. The predicted molar refractivity (Wildman–Crippen MR) is 87.1 cm³/mol. The van der Waals surface area contributed by atoms with Crippen molar-refractivity contribution in [3.05, 3.63) is 22.7 Å². The molecule has 0 bridgehead atoms. The van der Waals surface area contributed by atoms with Crippen LogP contribution >= 0.6 is 15.9 Å². The van der Waals surface area contributed by atoms with Gasteiger partial charge in [-0.25, -0.2) is 13.6 Å². The summed E-state index contributed by atoms with van der Waals surface area (Å²) in [6.45, 7) is 6.12. The fourth-order valence-corrected chi connectivity index (χ4v) is 3.42. The van der Waals surface area contributed by atoms with E-state index in [1.807, 2.05) is 32.9 Å². The highest BCUT2D eigenvalue weighted by molar-refractivity contribution is 9.10. The monoisotopic (exact) mass is 379 g/mol. The summed E-state index contributed by atoms with van der Waals surface area (Å²) in [7, 11) is -2.00. The molecule has 1 atom stereocenters. The molecule has 120 valence electrons. The molecule has 21 heavy (non-hydrogen) atoms. The Kier molecular flexibility index (Phi) is 6.07. The second kappa shape index (κ2) is 6.98. The van der Waals surface area contributed by atoms with Crippen molar-refractivity contribution in [1.82, 2.24) is 0 Å². The molecule has 2 N–H and O–H groups in total. The van der Waals surface area contributed by atoms with Crippen LogP contribution in [0, 0.1) is 11.3 Å². The third-order valence-corrected chi connectivity index (χ3v) is 4.73. The first kappa shape index (κ1) is 18.3. The van der Waals surface area contributed by atoms with Crippen LogP contribution in [0.15, 0.2) is 22.7 Å². The summed E-state index contributed by atoms with van der Waals surface area (Å²) in [5.41, 5.74) is -0.249. The number of hydrogen-bond acceptors (Lipinski definition) is 4. The minimum Gasteiger partial charge on any atom is -0.493 e. The Balaban J connectivity index is 2.92. The largest absolute Gasteiger partial charge is 0.493 e. The van der Waals surface area contributed by atoms with Gasteiger partial charge in [0.2, 0.25) is 10.0 Å². The van der Waals surface area contributed by atoms with Crippen molar-refractivity contribution in [3.8, 4) is 11.5 Å². The Morgan fingerprint density at radius 3 is 2.43 bits per heavy atom. The summed E-state index contributed by atoms with van der Waals surface area (Å²) in [6, 6.07) is 5.46. The maximum absolute atomic E-state index is 11.4. The third kappa shape index (κ3) is 5.84. The third-order valence-electron chi connectivity index (χ3n) is 3.24. The van der Waals surface area contributed by atoms with Crippen LogP contribution in [0.4, 0.5) is 0 Å². The number of rotatable bonds is 6. The van der Waals surface area contributed by atoms with Gasteiger partial charge in [-0.2, -0.15) is 0 Å². The minimum absolute atomic E-state index is 0.122. The molecule has 1 rings (SSSR count). The van der Waals surface area contributed by atoms with Gasteiger partial charge in [0.1, 0.15) is 0 Å². The second-order valence-corrected chi connectivity index (χ2v) is 8.49. The lowest BCUT2D eigenvalue weighted by Crippen LogP contribution is -2.35. The van der Waals surface area contributed by atoms with Crippen LogP contribution in [0.25, 0.3) is 0 Å². The van der Waals surface area contributed by atoms with Crippen molar-refractivity contribution < 1.29 is 17.9 Å². The number of nitrogens with two attached hydrogens (primary N) is 1. The molecule has 0 heterocycles. The highest BCUT2D eigenvalue weighted by Crippen LogP contribution is 2.36. The zero-order valence-electron chi connectivity index (χ0n) is 12.7. The van der Waals surface area contributed by atoms with E-state index in [2.05, 4.69) is 15.9 Å². The molecule has 0 aliphatic carbocycles. The molecular formula is C14H22BrNO4S. The Morgan fingerprint density at radius 2 is 1.95 bits per heavy atom. The molecule has 5 nitrogen and oxygen atoms in total. The predicted octanol–water partition coefficient (Wildman–Crippen LogP) is 2.79. The first-order chi connectivity index (χ1) is 9.54. The Bertz CT molecular complexity index is 581. The van der Waals surface area contributed by atoms with Crippen LogP contribution in [-0.2, 0) is 10.0 Å². The van der Waals surface area contributed by atoms with Gasteiger partial charge in [0, 0.05) is 5.92 Å². The highest BCUT2D eigenvalue weighted by Gasteiger charge is 2.29. The standard InChI is InChI=1S/C14H22BrNO4S/c1-14(2,3)10(9-21(16,17)18)8-20-13-11(15)6-5-7-12(13)19-4/h5-7,10H,8-9H2,1-4H3,(H2,16,17,18). The average Bonchev–Trinajstić information content (AvgIpc) is 2.32. The fraction of sp³-hybridized carbons (Fsp3) is 0.571. The maximum Gasteiger partial charge on any atom is 0.209 e. The number of sulfonamides is 1. The Morgan fingerprint density at radius 1 is 1.33 bits per heavy atom. The lowest BCUT2D eigenvalue weighted by molar-refractivity contribution is 0.159. The molecule has 0 saturated carbocycles. The van der Waals surface area contributed by atoms with Gasteiger partial charge in [-0.05, 0) is 33.5 Å². The normalized spacial score (nSPS) is 13.8. The van der Waals surface area contributed by atoms with Crippen molar-refractivity contribution in [1.29, 1.82) is 0 Å². The number of ether oxygens (including phenoxy) is 2. The molecule has 0 aliphatic heterocycles. The van der Waals surface area contributed by atoms with Crippen molar-refractivity contribution >= 4 is 26.0 Å². The number of hydrogen-bond donors (Lipinski definition) is 1. The first-order valence-electron chi connectivity index (χ1n) is 6.50. The van der Waals surface area contributed by atoms with Crippen LogP contribution in [0.1, 0.15) is 20.8 Å². The molecule has 0 aromatic heterocycles. The van der Waals surface area contributed by atoms with E-state index in [1.165, 1.54) is 0 Å². The molecule has 0 spiro atoms. The van der Waals surface area contributed by atoms with Crippen LogP contribution in [0.3, 0.4) is 0 Å². The molecule has 0 amide bonds. The van der Waals surface area contributed by atoms with E-state index in [1.54, 1.807) is 13.2 Å². The molecule has 0 fully saturated rings. The number of methoxy groups -OCH3 is 1. The number of primary sulfonamides is 1. The van der Waals surface area contributed by atoms with Crippen molar-refractivity contribution in [2.45, 2.75) is 20.8 Å². The van der Waals surface area contributed by atoms with Crippen LogP contribution in [0.2, 0.25) is 0 Å². The summed E-state index contributed by atoms with van der Waals surface area (Å²) in [4.78, 5) is 0. The zero-order chi connectivity index (χ0) is 16.3. The van der Waals surface area contributed by atoms with Crippen molar-refractivity contribution in [2.75, 3.05) is 19.5 Å². The number of benzene rings is 1. The first-order valence-corrected chi connectivity index (χ1v) is 9.01. The maximum atomic E-state index is 11.4. The molecule has 1 aromatic carbocycles. The van der Waals surface area contributed by atoms with E-state index >= 15 is 0 Å². The number of halogens is 1. The van der Waals surface area contributed by atoms with Gasteiger partial charge in [-0.3, -0.25) is 0 Å². The molecule has 0 aliphatic rings. The molecule has 0 saturated heterocycles. The van der Waals surface area contributed by atoms with E-state index < -0.39 is 10.0 Å². The Labute approximate surface area is 135 Å². The van der Waals surface area contributed by atoms with Crippen LogP contribution in [0.5, 0.6) is 11.5 Å².